The number of anilines is 1. The number of hydrogen-bond acceptors (Lipinski definition) is 4. The normalized spacial score (nSPS) is 12.0. The first-order chi connectivity index (χ1) is 12.0. The Balaban J connectivity index is 1.90. The Bertz CT molecular complexity index is 940. The van der Waals surface area contributed by atoms with Crippen LogP contribution < -0.4 is 10.9 Å². The van der Waals surface area contributed by atoms with Crippen LogP contribution in [0.5, 0.6) is 0 Å². The van der Waals surface area contributed by atoms with Gasteiger partial charge >= 0.3 is 0 Å². The van der Waals surface area contributed by atoms with Crippen molar-refractivity contribution in [3.05, 3.63) is 70.3 Å². The van der Waals surface area contributed by atoms with Crippen LogP contribution in [0.3, 0.4) is 0 Å². The van der Waals surface area contributed by atoms with Crippen LogP contribution in [-0.2, 0) is 4.79 Å². The highest BCUT2D eigenvalue weighted by atomic mass is 16.2. The molecule has 0 aliphatic rings. The smallest absolute Gasteiger partial charge is 0.267 e. The summed E-state index contributed by atoms with van der Waals surface area (Å²) in [6.07, 6.45) is 3.34. The van der Waals surface area contributed by atoms with Crippen LogP contribution in [0.1, 0.15) is 24.1 Å². The minimum Gasteiger partial charge on any atom is -0.324 e. The molecule has 1 unspecified atom stereocenters. The molecule has 1 atom stereocenters. The zero-order chi connectivity index (χ0) is 18.0. The molecule has 0 saturated heterocycles. The van der Waals surface area contributed by atoms with E-state index in [1.165, 1.54) is 15.4 Å². The van der Waals surface area contributed by atoms with Crippen molar-refractivity contribution in [2.45, 2.75) is 26.8 Å². The van der Waals surface area contributed by atoms with Gasteiger partial charge in [0.05, 0.1) is 0 Å². The fourth-order valence-electron chi connectivity index (χ4n) is 2.57. The van der Waals surface area contributed by atoms with Crippen molar-refractivity contribution in [2.75, 3.05) is 5.32 Å². The van der Waals surface area contributed by atoms with E-state index >= 15 is 0 Å². The average Bonchev–Trinajstić information content (AvgIpc) is 3.12. The number of carbonyl (C=O) groups excluding carboxylic acids is 1. The summed E-state index contributed by atoms with van der Waals surface area (Å²) in [4.78, 5) is 24.8. The Labute approximate surface area is 144 Å². The first-order valence-electron chi connectivity index (χ1n) is 7.94. The molecule has 1 aromatic carbocycles. The average molecular weight is 337 g/mol. The minimum absolute atomic E-state index is 0.301. The van der Waals surface area contributed by atoms with Crippen LogP contribution in [0, 0.1) is 13.8 Å². The maximum absolute atomic E-state index is 12.6. The summed E-state index contributed by atoms with van der Waals surface area (Å²) in [6.45, 7) is 5.50. The van der Waals surface area contributed by atoms with Crippen molar-refractivity contribution in [1.29, 1.82) is 0 Å². The molecule has 0 fully saturated rings. The highest BCUT2D eigenvalue weighted by Crippen LogP contribution is 2.20. The van der Waals surface area contributed by atoms with E-state index in [0.29, 0.717) is 5.82 Å². The van der Waals surface area contributed by atoms with Gasteiger partial charge in [-0.2, -0.15) is 5.10 Å². The number of rotatable bonds is 4. The molecule has 7 nitrogen and oxygen atoms in total. The van der Waals surface area contributed by atoms with Gasteiger partial charge in [0.1, 0.15) is 6.04 Å². The molecular weight excluding hydrogens is 318 g/mol. The quantitative estimate of drug-likeness (QED) is 0.791. The lowest BCUT2D eigenvalue weighted by atomic mass is 10.1. The number of benzene rings is 1. The van der Waals surface area contributed by atoms with Crippen LogP contribution in [0.4, 0.5) is 5.69 Å². The fraction of sp³-hybridized carbons (Fsp3) is 0.222. The molecule has 3 aromatic rings. The van der Waals surface area contributed by atoms with Gasteiger partial charge < -0.3 is 5.32 Å². The van der Waals surface area contributed by atoms with Gasteiger partial charge in [0.25, 0.3) is 5.56 Å². The van der Waals surface area contributed by atoms with Gasteiger partial charge in [0, 0.05) is 24.1 Å². The Kier molecular flexibility index (Phi) is 4.47. The summed E-state index contributed by atoms with van der Waals surface area (Å²) in [6, 6.07) is 9.74. The van der Waals surface area contributed by atoms with Gasteiger partial charge in [0.2, 0.25) is 5.91 Å². The van der Waals surface area contributed by atoms with Crippen LogP contribution in [0.25, 0.3) is 5.82 Å². The summed E-state index contributed by atoms with van der Waals surface area (Å²) in [5.41, 5.74) is 2.34. The highest BCUT2D eigenvalue weighted by Gasteiger charge is 2.19. The third-order valence-corrected chi connectivity index (χ3v) is 4.03. The van der Waals surface area contributed by atoms with Crippen molar-refractivity contribution in [2.24, 2.45) is 0 Å². The summed E-state index contributed by atoms with van der Waals surface area (Å²) in [7, 11) is 0. The first kappa shape index (κ1) is 16.6. The van der Waals surface area contributed by atoms with Crippen LogP contribution in [0.15, 0.2) is 53.6 Å². The van der Waals surface area contributed by atoms with Crippen LogP contribution in [0.2, 0.25) is 0 Å². The maximum atomic E-state index is 12.6. The number of nitrogens with zero attached hydrogens (tertiary/aromatic N) is 4. The van der Waals surface area contributed by atoms with Crippen LogP contribution in [-0.4, -0.2) is 25.5 Å². The number of aromatic nitrogens is 4. The second kappa shape index (κ2) is 6.72. The Morgan fingerprint density at radius 2 is 1.84 bits per heavy atom. The predicted octanol–water partition coefficient (Wildman–Crippen LogP) is 2.25. The molecule has 7 heteroatoms. The van der Waals surface area contributed by atoms with Gasteiger partial charge in [-0.3, -0.25) is 9.59 Å². The molecule has 1 N–H and O–H groups in total. The molecule has 0 aliphatic carbocycles. The summed E-state index contributed by atoms with van der Waals surface area (Å²) in [5.74, 6) is 0.168. The monoisotopic (exact) mass is 337 g/mol. The first-order valence-corrected chi connectivity index (χ1v) is 7.94. The van der Waals surface area contributed by atoms with Gasteiger partial charge in [-0.25, -0.2) is 9.36 Å². The molecule has 1 amide bonds. The molecule has 2 heterocycles. The van der Waals surface area contributed by atoms with Crippen molar-refractivity contribution >= 4 is 11.6 Å². The van der Waals surface area contributed by atoms with Gasteiger partial charge in [-0.05, 0) is 44.0 Å². The molecule has 0 bridgehead atoms. The van der Waals surface area contributed by atoms with Gasteiger partial charge in [-0.1, -0.05) is 18.2 Å². The standard InChI is InChI=1S/C18H19N5O2/c1-12-6-4-7-13(2)17(12)20-18(25)14(3)23-16(24)9-8-15(21-23)22-11-5-10-19-22/h4-11,14H,1-3H3,(H,20,25). The van der Waals surface area contributed by atoms with Crippen molar-refractivity contribution in [1.82, 2.24) is 19.6 Å². The van der Waals surface area contributed by atoms with E-state index in [1.807, 2.05) is 32.0 Å². The highest BCUT2D eigenvalue weighted by molar-refractivity contribution is 5.94. The van der Waals surface area contributed by atoms with Gasteiger partial charge in [0.15, 0.2) is 5.82 Å². The summed E-state index contributed by atoms with van der Waals surface area (Å²) < 4.78 is 2.70. The van der Waals surface area contributed by atoms with Crippen molar-refractivity contribution in [3.8, 4) is 5.82 Å². The van der Waals surface area contributed by atoms with E-state index in [-0.39, 0.29) is 11.5 Å². The third kappa shape index (κ3) is 3.35. The van der Waals surface area contributed by atoms with Gasteiger partial charge in [-0.15, -0.1) is 5.10 Å². The maximum Gasteiger partial charge on any atom is 0.267 e. The Morgan fingerprint density at radius 1 is 1.12 bits per heavy atom. The Hall–Kier alpha value is -3.22. The third-order valence-electron chi connectivity index (χ3n) is 4.03. The summed E-state index contributed by atoms with van der Waals surface area (Å²) in [5, 5.41) is 11.3. The number of aryl methyl sites for hydroxylation is 2. The van der Waals surface area contributed by atoms with Crippen molar-refractivity contribution in [3.63, 3.8) is 0 Å². The van der Waals surface area contributed by atoms with E-state index in [0.717, 1.165) is 16.8 Å². The topological polar surface area (TPSA) is 81.8 Å². The molecule has 2 aromatic heterocycles. The molecule has 0 saturated carbocycles. The zero-order valence-corrected chi connectivity index (χ0v) is 14.3. The molecule has 25 heavy (non-hydrogen) atoms. The predicted molar refractivity (Wildman–Crippen MR) is 94.9 cm³/mol. The minimum atomic E-state index is -0.762. The van der Waals surface area contributed by atoms with Crippen molar-refractivity contribution < 1.29 is 4.79 Å². The lowest BCUT2D eigenvalue weighted by Gasteiger charge is -2.17. The lowest BCUT2D eigenvalue weighted by molar-refractivity contribution is -0.119. The largest absolute Gasteiger partial charge is 0.324 e. The lowest BCUT2D eigenvalue weighted by Crippen LogP contribution is -2.34. The molecule has 0 spiro atoms. The second-order valence-corrected chi connectivity index (χ2v) is 5.86. The molecule has 3 rings (SSSR count). The van der Waals surface area contributed by atoms with E-state index in [9.17, 15) is 9.59 Å². The number of para-hydroxylation sites is 1. The summed E-state index contributed by atoms with van der Waals surface area (Å²) >= 11 is 0. The van der Waals surface area contributed by atoms with E-state index < -0.39 is 6.04 Å². The van der Waals surface area contributed by atoms with E-state index in [2.05, 4.69) is 15.5 Å². The molecule has 128 valence electrons. The molecule has 0 radical (unpaired) electrons. The van der Waals surface area contributed by atoms with E-state index in [1.54, 1.807) is 31.5 Å². The molecule has 0 aliphatic heterocycles. The zero-order valence-electron chi connectivity index (χ0n) is 14.3. The second-order valence-electron chi connectivity index (χ2n) is 5.86. The number of nitrogens with one attached hydrogen (secondary N) is 1. The fourth-order valence-corrected chi connectivity index (χ4v) is 2.57. The number of amides is 1. The molecular formula is C18H19N5O2. The number of hydrogen-bond donors (Lipinski definition) is 1. The van der Waals surface area contributed by atoms with Crippen LogP contribution >= 0.6 is 0 Å². The Morgan fingerprint density at radius 3 is 2.48 bits per heavy atom. The van der Waals surface area contributed by atoms with E-state index in [4.69, 9.17) is 0 Å². The number of carbonyl (C=O) groups is 1. The SMILES string of the molecule is Cc1cccc(C)c1NC(=O)C(C)n1nc(-n2cccn2)ccc1=O.